The van der Waals surface area contributed by atoms with E-state index in [1.165, 1.54) is 0 Å². The summed E-state index contributed by atoms with van der Waals surface area (Å²) >= 11 is 12.1. The molecule has 2 aromatic rings. The molecular weight excluding hydrogens is 267 g/mol. The van der Waals surface area contributed by atoms with E-state index < -0.39 is 0 Å². The summed E-state index contributed by atoms with van der Waals surface area (Å²) in [6.07, 6.45) is 3.58. The van der Waals surface area contributed by atoms with Crippen LogP contribution in [0.5, 0.6) is 0 Å². The summed E-state index contributed by atoms with van der Waals surface area (Å²) in [5, 5.41) is 0.778. The maximum atomic E-state index is 6.16. The maximum absolute atomic E-state index is 6.16. The van der Waals surface area contributed by atoms with E-state index >= 15 is 0 Å². The molecule has 94 valence electrons. The van der Waals surface area contributed by atoms with Gasteiger partial charge in [-0.2, -0.15) is 0 Å². The molecule has 4 heteroatoms. The number of aromatic nitrogens is 1. The zero-order valence-electron chi connectivity index (χ0n) is 10.1. The highest BCUT2D eigenvalue weighted by Gasteiger charge is 2.08. The number of pyridine rings is 1. The smallest absolute Gasteiger partial charge is 0.0597 e. The monoisotopic (exact) mass is 280 g/mol. The van der Waals surface area contributed by atoms with Crippen molar-refractivity contribution in [3.63, 3.8) is 0 Å². The molecule has 0 N–H and O–H groups in total. The van der Waals surface area contributed by atoms with Crippen molar-refractivity contribution < 1.29 is 0 Å². The van der Waals surface area contributed by atoms with Crippen LogP contribution in [0.1, 0.15) is 11.1 Å². The van der Waals surface area contributed by atoms with Gasteiger partial charge in [0.2, 0.25) is 0 Å². The number of alkyl halides is 1. The Morgan fingerprint density at radius 2 is 1.94 bits per heavy atom. The fourth-order valence-electron chi connectivity index (χ4n) is 1.84. The number of hydrogen-bond donors (Lipinski definition) is 0. The van der Waals surface area contributed by atoms with Crippen LogP contribution < -0.4 is 4.90 Å². The predicted molar refractivity (Wildman–Crippen MR) is 77.4 cm³/mol. The molecule has 0 bridgehead atoms. The van der Waals surface area contributed by atoms with Crippen molar-refractivity contribution in [2.45, 2.75) is 12.4 Å². The molecule has 0 aliphatic carbocycles. The topological polar surface area (TPSA) is 16.1 Å². The van der Waals surface area contributed by atoms with Crippen molar-refractivity contribution in [2.75, 3.05) is 11.9 Å². The van der Waals surface area contributed by atoms with Crippen molar-refractivity contribution >= 4 is 28.9 Å². The Morgan fingerprint density at radius 1 is 1.17 bits per heavy atom. The fraction of sp³-hybridized carbons (Fsp3) is 0.214. The number of benzene rings is 1. The lowest BCUT2D eigenvalue weighted by Crippen LogP contribution is -2.18. The number of nitrogens with zero attached hydrogens (tertiary/aromatic N) is 2. The van der Waals surface area contributed by atoms with Gasteiger partial charge in [0.1, 0.15) is 0 Å². The SMILES string of the molecule is CN(Cc1ccccc1Cl)c1cnccc1CCl. The minimum absolute atomic E-state index is 0.477. The molecule has 0 amide bonds. The highest BCUT2D eigenvalue weighted by Crippen LogP contribution is 2.23. The minimum Gasteiger partial charge on any atom is -0.369 e. The first-order valence-corrected chi connectivity index (χ1v) is 6.57. The lowest BCUT2D eigenvalue weighted by Gasteiger charge is -2.22. The van der Waals surface area contributed by atoms with Gasteiger partial charge in [0, 0.05) is 30.7 Å². The van der Waals surface area contributed by atoms with Crippen LogP contribution in [0.25, 0.3) is 0 Å². The van der Waals surface area contributed by atoms with Crippen LogP contribution in [0.3, 0.4) is 0 Å². The van der Waals surface area contributed by atoms with Gasteiger partial charge in [-0.25, -0.2) is 0 Å². The Hall–Kier alpha value is -1.25. The Bertz CT molecular complexity index is 529. The third-order valence-electron chi connectivity index (χ3n) is 2.81. The van der Waals surface area contributed by atoms with Gasteiger partial charge in [-0.05, 0) is 23.3 Å². The van der Waals surface area contributed by atoms with Crippen molar-refractivity contribution in [1.82, 2.24) is 4.98 Å². The molecule has 18 heavy (non-hydrogen) atoms. The van der Waals surface area contributed by atoms with Crippen LogP contribution in [0.4, 0.5) is 5.69 Å². The number of anilines is 1. The summed E-state index contributed by atoms with van der Waals surface area (Å²) in [5.41, 5.74) is 3.19. The maximum Gasteiger partial charge on any atom is 0.0597 e. The predicted octanol–water partition coefficient (Wildman–Crippen LogP) is 4.11. The van der Waals surface area contributed by atoms with E-state index in [9.17, 15) is 0 Å². The van der Waals surface area contributed by atoms with Crippen molar-refractivity contribution in [3.05, 3.63) is 58.9 Å². The second-order valence-electron chi connectivity index (χ2n) is 4.09. The van der Waals surface area contributed by atoms with E-state index in [4.69, 9.17) is 23.2 Å². The zero-order chi connectivity index (χ0) is 13.0. The molecule has 1 aromatic carbocycles. The van der Waals surface area contributed by atoms with Gasteiger partial charge in [-0.15, -0.1) is 11.6 Å². The van der Waals surface area contributed by atoms with E-state index in [0.29, 0.717) is 5.88 Å². The Labute approximate surface area is 117 Å². The van der Waals surface area contributed by atoms with Gasteiger partial charge >= 0.3 is 0 Å². The van der Waals surface area contributed by atoms with Crippen LogP contribution in [-0.4, -0.2) is 12.0 Å². The van der Waals surface area contributed by atoms with Gasteiger partial charge in [0.15, 0.2) is 0 Å². The van der Waals surface area contributed by atoms with Crippen LogP contribution in [0, 0.1) is 0 Å². The average Bonchev–Trinajstić information content (AvgIpc) is 2.41. The molecule has 0 aliphatic heterocycles. The van der Waals surface area contributed by atoms with E-state index in [2.05, 4.69) is 9.88 Å². The van der Waals surface area contributed by atoms with Gasteiger partial charge < -0.3 is 4.90 Å². The summed E-state index contributed by atoms with van der Waals surface area (Å²) in [7, 11) is 2.01. The van der Waals surface area contributed by atoms with E-state index in [-0.39, 0.29) is 0 Å². The lowest BCUT2D eigenvalue weighted by molar-refractivity contribution is 0.910. The molecule has 0 radical (unpaired) electrons. The summed E-state index contributed by atoms with van der Waals surface area (Å²) in [6.45, 7) is 0.731. The van der Waals surface area contributed by atoms with E-state index in [0.717, 1.165) is 28.4 Å². The molecule has 0 aliphatic rings. The zero-order valence-corrected chi connectivity index (χ0v) is 11.6. The third kappa shape index (κ3) is 2.95. The van der Waals surface area contributed by atoms with Gasteiger partial charge in [0.25, 0.3) is 0 Å². The van der Waals surface area contributed by atoms with Crippen molar-refractivity contribution in [3.8, 4) is 0 Å². The van der Waals surface area contributed by atoms with Crippen LogP contribution in [-0.2, 0) is 12.4 Å². The Balaban J connectivity index is 2.22. The third-order valence-corrected chi connectivity index (χ3v) is 3.46. The largest absolute Gasteiger partial charge is 0.369 e. The van der Waals surface area contributed by atoms with Crippen molar-refractivity contribution in [2.24, 2.45) is 0 Å². The summed E-state index contributed by atoms with van der Waals surface area (Å²) < 4.78 is 0. The van der Waals surface area contributed by atoms with E-state index in [1.807, 2.05) is 43.6 Å². The number of rotatable bonds is 4. The molecule has 0 saturated carbocycles. The van der Waals surface area contributed by atoms with Gasteiger partial charge in [-0.3, -0.25) is 4.98 Å². The van der Waals surface area contributed by atoms with Gasteiger partial charge in [-0.1, -0.05) is 29.8 Å². The number of halogens is 2. The van der Waals surface area contributed by atoms with Crippen LogP contribution >= 0.6 is 23.2 Å². The normalized spacial score (nSPS) is 10.4. The molecule has 0 spiro atoms. The average molecular weight is 281 g/mol. The fourth-order valence-corrected chi connectivity index (χ4v) is 2.26. The highest BCUT2D eigenvalue weighted by molar-refractivity contribution is 6.31. The van der Waals surface area contributed by atoms with Crippen LogP contribution in [0.15, 0.2) is 42.7 Å². The van der Waals surface area contributed by atoms with Crippen molar-refractivity contribution in [1.29, 1.82) is 0 Å². The molecule has 0 atom stereocenters. The quantitative estimate of drug-likeness (QED) is 0.784. The first kappa shape index (κ1) is 13.2. The molecular formula is C14H14Cl2N2. The first-order valence-electron chi connectivity index (χ1n) is 5.65. The summed E-state index contributed by atoms with van der Waals surface area (Å²) in [5.74, 6) is 0.477. The minimum atomic E-state index is 0.477. The summed E-state index contributed by atoms with van der Waals surface area (Å²) in [4.78, 5) is 6.25. The van der Waals surface area contributed by atoms with Gasteiger partial charge in [0.05, 0.1) is 11.9 Å². The van der Waals surface area contributed by atoms with Crippen LogP contribution in [0.2, 0.25) is 5.02 Å². The second-order valence-corrected chi connectivity index (χ2v) is 4.76. The standard InChI is InChI=1S/C14H14Cl2N2/c1-18(10-12-4-2-3-5-13(12)16)14-9-17-7-6-11(14)8-15/h2-7,9H,8,10H2,1H3. The Kier molecular flexibility index (Phi) is 4.45. The molecule has 0 saturated heterocycles. The number of hydrogen-bond acceptors (Lipinski definition) is 2. The molecule has 1 aromatic heterocycles. The summed E-state index contributed by atoms with van der Waals surface area (Å²) in [6, 6.07) is 9.78. The Morgan fingerprint density at radius 3 is 2.67 bits per heavy atom. The molecule has 2 nitrogen and oxygen atoms in total. The highest BCUT2D eigenvalue weighted by atomic mass is 35.5. The molecule has 0 unspecified atom stereocenters. The molecule has 0 fully saturated rings. The molecule has 1 heterocycles. The van der Waals surface area contributed by atoms with E-state index in [1.54, 1.807) is 6.20 Å². The molecule has 2 rings (SSSR count). The first-order chi connectivity index (χ1) is 8.72. The second kappa shape index (κ2) is 6.07. The lowest BCUT2D eigenvalue weighted by atomic mass is 10.2.